The second kappa shape index (κ2) is 9.45. The molecular weight excluding hydrogens is 446 g/mol. The molecule has 4 saturated carbocycles. The smallest absolute Gasteiger partial charge is 0.256 e. The van der Waals surface area contributed by atoms with Gasteiger partial charge in [-0.3, -0.25) is 14.4 Å². The van der Waals surface area contributed by atoms with E-state index in [2.05, 4.69) is 16.0 Å². The van der Waals surface area contributed by atoms with Gasteiger partial charge in [-0.15, -0.1) is 11.8 Å². The minimum atomic E-state index is -0.246. The maximum atomic E-state index is 13.0. The second-order valence-corrected chi connectivity index (χ2v) is 11.3. The highest BCUT2D eigenvalue weighted by atomic mass is 32.2. The molecule has 2 aromatic carbocycles. The highest BCUT2D eigenvalue weighted by Crippen LogP contribution is 2.55. The predicted octanol–water partition coefficient (Wildman–Crippen LogP) is 5.07. The molecule has 2 aromatic rings. The minimum Gasteiger partial charge on any atom is -0.350 e. The molecule has 7 heteroatoms. The van der Waals surface area contributed by atoms with Gasteiger partial charge in [0.1, 0.15) is 0 Å². The Hall–Kier alpha value is -2.80. The van der Waals surface area contributed by atoms with Gasteiger partial charge in [-0.2, -0.15) is 0 Å². The van der Waals surface area contributed by atoms with Gasteiger partial charge in [0.25, 0.3) is 5.91 Å². The third-order valence-electron chi connectivity index (χ3n) is 7.37. The Morgan fingerprint density at radius 2 is 1.50 bits per heavy atom. The van der Waals surface area contributed by atoms with Gasteiger partial charge < -0.3 is 16.0 Å². The number of carbonyl (C=O) groups is 3. The average Bonchev–Trinajstić information content (AvgIpc) is 2.76. The van der Waals surface area contributed by atoms with Crippen molar-refractivity contribution in [1.82, 2.24) is 5.32 Å². The standard InChI is InChI=1S/C27H31N3O3S/c1-17(31)28-21-5-4-6-22(12-21)29-26(33)23-7-2-3-8-24(23)34-16-25(32)30-27-13-18-9-19(14-27)11-20(10-18)15-27/h2-8,12,18-20H,9-11,13-16H2,1H3,(H,28,31)(H,29,33)(H,30,32). The Kier molecular flexibility index (Phi) is 6.38. The van der Waals surface area contributed by atoms with Crippen molar-refractivity contribution in [2.45, 2.75) is 55.9 Å². The molecule has 0 aromatic heterocycles. The average molecular weight is 478 g/mol. The van der Waals surface area contributed by atoms with E-state index < -0.39 is 0 Å². The Balaban J connectivity index is 1.21. The molecule has 0 heterocycles. The molecule has 0 radical (unpaired) electrons. The molecule has 4 bridgehead atoms. The second-order valence-electron chi connectivity index (χ2n) is 10.2. The van der Waals surface area contributed by atoms with Crippen molar-refractivity contribution in [3.8, 4) is 0 Å². The summed E-state index contributed by atoms with van der Waals surface area (Å²) in [5, 5.41) is 9.03. The summed E-state index contributed by atoms with van der Waals surface area (Å²) >= 11 is 1.40. The van der Waals surface area contributed by atoms with E-state index in [1.807, 2.05) is 18.2 Å². The summed E-state index contributed by atoms with van der Waals surface area (Å²) in [6.45, 7) is 1.44. The van der Waals surface area contributed by atoms with Crippen LogP contribution in [-0.2, 0) is 9.59 Å². The summed E-state index contributed by atoms with van der Waals surface area (Å²) in [7, 11) is 0. The van der Waals surface area contributed by atoms with Crippen molar-refractivity contribution in [3.63, 3.8) is 0 Å². The lowest BCUT2D eigenvalue weighted by Gasteiger charge is -2.56. The van der Waals surface area contributed by atoms with Crippen molar-refractivity contribution >= 4 is 40.9 Å². The molecule has 4 aliphatic carbocycles. The van der Waals surface area contributed by atoms with Crippen LogP contribution in [0.2, 0.25) is 0 Å². The number of hydrogen-bond acceptors (Lipinski definition) is 4. The molecule has 6 nitrogen and oxygen atoms in total. The monoisotopic (exact) mass is 477 g/mol. The first-order valence-electron chi connectivity index (χ1n) is 12.1. The van der Waals surface area contributed by atoms with E-state index in [9.17, 15) is 14.4 Å². The third-order valence-corrected chi connectivity index (χ3v) is 8.45. The van der Waals surface area contributed by atoms with E-state index in [1.54, 1.807) is 30.3 Å². The first kappa shape index (κ1) is 23.0. The first-order chi connectivity index (χ1) is 16.4. The van der Waals surface area contributed by atoms with Crippen molar-refractivity contribution in [1.29, 1.82) is 0 Å². The SMILES string of the molecule is CC(=O)Nc1cccc(NC(=O)c2ccccc2SCC(=O)NC23CC4CC(CC(C4)C2)C3)c1. The van der Waals surface area contributed by atoms with E-state index in [1.165, 1.54) is 37.9 Å². The Bertz CT molecular complexity index is 1080. The normalized spacial score (nSPS) is 26.7. The largest absolute Gasteiger partial charge is 0.350 e. The maximum Gasteiger partial charge on any atom is 0.256 e. The van der Waals surface area contributed by atoms with Gasteiger partial charge in [0.15, 0.2) is 0 Å². The van der Waals surface area contributed by atoms with Crippen molar-refractivity contribution < 1.29 is 14.4 Å². The van der Waals surface area contributed by atoms with E-state index in [0.717, 1.165) is 41.9 Å². The number of carbonyl (C=O) groups excluding carboxylic acids is 3. The quantitative estimate of drug-likeness (QED) is 0.486. The van der Waals surface area contributed by atoms with Crippen LogP contribution in [0.3, 0.4) is 0 Å². The van der Waals surface area contributed by atoms with Crippen LogP contribution in [0, 0.1) is 17.8 Å². The number of nitrogens with one attached hydrogen (secondary N) is 3. The lowest BCUT2D eigenvalue weighted by atomic mass is 9.53. The minimum absolute atomic E-state index is 0.00219. The van der Waals surface area contributed by atoms with E-state index in [-0.39, 0.29) is 23.3 Å². The van der Waals surface area contributed by atoms with Crippen LogP contribution >= 0.6 is 11.8 Å². The van der Waals surface area contributed by atoms with Gasteiger partial charge in [-0.1, -0.05) is 18.2 Å². The maximum absolute atomic E-state index is 13.0. The molecule has 3 amide bonds. The molecule has 34 heavy (non-hydrogen) atoms. The molecule has 0 unspecified atom stereocenters. The van der Waals surface area contributed by atoms with Gasteiger partial charge in [0.2, 0.25) is 11.8 Å². The van der Waals surface area contributed by atoms with Gasteiger partial charge in [0, 0.05) is 28.7 Å². The molecule has 0 saturated heterocycles. The van der Waals surface area contributed by atoms with Crippen molar-refractivity contribution in [2.24, 2.45) is 17.8 Å². The van der Waals surface area contributed by atoms with Gasteiger partial charge in [-0.25, -0.2) is 0 Å². The van der Waals surface area contributed by atoms with Crippen LogP contribution < -0.4 is 16.0 Å². The number of amides is 3. The highest BCUT2D eigenvalue weighted by Gasteiger charge is 2.51. The number of hydrogen-bond donors (Lipinski definition) is 3. The summed E-state index contributed by atoms with van der Waals surface area (Å²) in [6.07, 6.45) is 7.43. The molecule has 4 fully saturated rings. The van der Waals surface area contributed by atoms with Crippen LogP contribution in [0.15, 0.2) is 53.4 Å². The molecule has 3 N–H and O–H groups in total. The molecular formula is C27H31N3O3S. The first-order valence-corrected chi connectivity index (χ1v) is 13.1. The van der Waals surface area contributed by atoms with Crippen molar-refractivity contribution in [3.05, 3.63) is 54.1 Å². The van der Waals surface area contributed by atoms with Gasteiger partial charge in [0.05, 0.1) is 11.3 Å². The highest BCUT2D eigenvalue weighted by molar-refractivity contribution is 8.00. The van der Waals surface area contributed by atoms with E-state index >= 15 is 0 Å². The number of anilines is 2. The number of thioether (sulfide) groups is 1. The fourth-order valence-electron chi connectivity index (χ4n) is 6.60. The molecule has 4 aliphatic rings. The molecule has 178 valence electrons. The van der Waals surface area contributed by atoms with Crippen LogP contribution in [0.25, 0.3) is 0 Å². The van der Waals surface area contributed by atoms with Crippen LogP contribution in [-0.4, -0.2) is 29.0 Å². The topological polar surface area (TPSA) is 87.3 Å². The Morgan fingerprint density at radius 3 is 2.15 bits per heavy atom. The lowest BCUT2D eigenvalue weighted by Crippen LogP contribution is -2.60. The fraction of sp³-hybridized carbons (Fsp3) is 0.444. The zero-order valence-electron chi connectivity index (χ0n) is 19.4. The molecule has 0 spiro atoms. The van der Waals surface area contributed by atoms with Crippen LogP contribution in [0.4, 0.5) is 11.4 Å². The fourth-order valence-corrected chi connectivity index (χ4v) is 7.45. The summed E-state index contributed by atoms with van der Waals surface area (Å²) in [5.74, 6) is 2.30. The van der Waals surface area contributed by atoms with Gasteiger partial charge in [-0.05, 0) is 86.6 Å². The summed E-state index contributed by atoms with van der Waals surface area (Å²) in [6, 6.07) is 14.4. The van der Waals surface area contributed by atoms with E-state index in [0.29, 0.717) is 22.7 Å². The zero-order valence-corrected chi connectivity index (χ0v) is 20.3. The summed E-state index contributed by atoms with van der Waals surface area (Å²) in [4.78, 5) is 38.0. The number of rotatable bonds is 7. The summed E-state index contributed by atoms with van der Waals surface area (Å²) in [5.41, 5.74) is 1.74. The number of benzene rings is 2. The molecule has 6 rings (SSSR count). The molecule has 0 aliphatic heterocycles. The van der Waals surface area contributed by atoms with Crippen LogP contribution in [0.5, 0.6) is 0 Å². The van der Waals surface area contributed by atoms with Crippen LogP contribution in [0.1, 0.15) is 55.8 Å². The van der Waals surface area contributed by atoms with E-state index in [4.69, 9.17) is 0 Å². The molecule has 0 atom stereocenters. The van der Waals surface area contributed by atoms with Gasteiger partial charge >= 0.3 is 0 Å². The zero-order chi connectivity index (χ0) is 23.7. The summed E-state index contributed by atoms with van der Waals surface area (Å²) < 4.78 is 0. The lowest BCUT2D eigenvalue weighted by molar-refractivity contribution is -0.124. The Morgan fingerprint density at radius 1 is 0.882 bits per heavy atom. The Labute approximate surface area is 204 Å². The predicted molar refractivity (Wildman–Crippen MR) is 135 cm³/mol. The third kappa shape index (κ3) is 5.14. The van der Waals surface area contributed by atoms with Crippen molar-refractivity contribution in [2.75, 3.05) is 16.4 Å².